The summed E-state index contributed by atoms with van der Waals surface area (Å²) in [6, 6.07) is 7.92. The Labute approximate surface area is 122 Å². The van der Waals surface area contributed by atoms with Crippen LogP contribution in [0.4, 0.5) is 4.39 Å². The molecule has 0 aromatic heterocycles. The van der Waals surface area contributed by atoms with Gasteiger partial charge in [-0.3, -0.25) is 4.90 Å². The first-order chi connectivity index (χ1) is 9.70. The highest BCUT2D eigenvalue weighted by Crippen LogP contribution is 2.23. The maximum Gasteiger partial charge on any atom is 0.123 e. The number of nitrogens with one attached hydrogen (secondary N) is 1. The summed E-state index contributed by atoms with van der Waals surface area (Å²) in [6.07, 6.45) is 4.94. The fourth-order valence-corrected chi connectivity index (χ4v) is 2.98. The molecule has 1 aliphatic rings. The van der Waals surface area contributed by atoms with Gasteiger partial charge in [-0.25, -0.2) is 4.39 Å². The van der Waals surface area contributed by atoms with Crippen molar-refractivity contribution in [3.63, 3.8) is 0 Å². The molecule has 3 heteroatoms. The van der Waals surface area contributed by atoms with Crippen molar-refractivity contribution in [3.8, 4) is 0 Å². The van der Waals surface area contributed by atoms with Crippen LogP contribution in [0.15, 0.2) is 24.3 Å². The third-order valence-electron chi connectivity index (χ3n) is 4.29. The molecule has 112 valence electrons. The zero-order valence-electron chi connectivity index (χ0n) is 12.7. The maximum atomic E-state index is 13.4. The molecule has 0 amide bonds. The van der Waals surface area contributed by atoms with E-state index >= 15 is 0 Å². The van der Waals surface area contributed by atoms with E-state index in [0.717, 1.165) is 25.2 Å². The Balaban J connectivity index is 2.03. The van der Waals surface area contributed by atoms with Gasteiger partial charge in [0.2, 0.25) is 0 Å². The van der Waals surface area contributed by atoms with Crippen LogP contribution in [0.25, 0.3) is 0 Å². The fraction of sp³-hybridized carbons (Fsp3) is 0.647. The molecule has 1 saturated heterocycles. The van der Waals surface area contributed by atoms with Gasteiger partial charge in [0.25, 0.3) is 0 Å². The van der Waals surface area contributed by atoms with Crippen LogP contribution in [0.3, 0.4) is 0 Å². The van der Waals surface area contributed by atoms with Crippen molar-refractivity contribution in [2.75, 3.05) is 19.6 Å². The average Bonchev–Trinajstić information content (AvgIpc) is 2.95. The minimum Gasteiger partial charge on any atom is -0.313 e. The SMILES string of the molecule is CCCCN(CC1CCCN1)C(C)c1cccc(F)c1. The lowest BCUT2D eigenvalue weighted by Gasteiger charge is -2.31. The van der Waals surface area contributed by atoms with Gasteiger partial charge < -0.3 is 5.32 Å². The van der Waals surface area contributed by atoms with Crippen LogP contribution in [0, 0.1) is 5.82 Å². The summed E-state index contributed by atoms with van der Waals surface area (Å²) >= 11 is 0. The van der Waals surface area contributed by atoms with Gasteiger partial charge in [-0.2, -0.15) is 0 Å². The molecule has 1 heterocycles. The lowest BCUT2D eigenvalue weighted by Crippen LogP contribution is -2.39. The molecule has 2 unspecified atom stereocenters. The highest BCUT2D eigenvalue weighted by molar-refractivity contribution is 5.19. The van der Waals surface area contributed by atoms with Gasteiger partial charge in [0.15, 0.2) is 0 Å². The van der Waals surface area contributed by atoms with Gasteiger partial charge in [-0.05, 0) is 57.0 Å². The summed E-state index contributed by atoms with van der Waals surface area (Å²) < 4.78 is 13.4. The van der Waals surface area contributed by atoms with Crippen molar-refractivity contribution in [2.45, 2.75) is 51.6 Å². The smallest absolute Gasteiger partial charge is 0.123 e. The number of unbranched alkanes of at least 4 members (excludes halogenated alkanes) is 1. The second kappa shape index (κ2) is 7.75. The summed E-state index contributed by atoms with van der Waals surface area (Å²) in [5, 5.41) is 3.57. The lowest BCUT2D eigenvalue weighted by molar-refractivity contribution is 0.189. The number of benzene rings is 1. The molecule has 0 saturated carbocycles. The molecule has 2 rings (SSSR count). The van der Waals surface area contributed by atoms with E-state index in [1.807, 2.05) is 12.1 Å². The summed E-state index contributed by atoms with van der Waals surface area (Å²) in [7, 11) is 0. The van der Waals surface area contributed by atoms with Crippen LogP contribution in [-0.2, 0) is 0 Å². The van der Waals surface area contributed by atoms with E-state index in [4.69, 9.17) is 0 Å². The normalized spacial score (nSPS) is 20.5. The predicted molar refractivity (Wildman–Crippen MR) is 82.3 cm³/mol. The molecule has 2 nitrogen and oxygen atoms in total. The summed E-state index contributed by atoms with van der Waals surface area (Å²) in [6.45, 7) is 7.71. The van der Waals surface area contributed by atoms with Crippen molar-refractivity contribution in [1.82, 2.24) is 10.2 Å². The lowest BCUT2D eigenvalue weighted by atomic mass is 10.0. The molecular formula is C17H27FN2. The number of hydrogen-bond acceptors (Lipinski definition) is 2. The van der Waals surface area contributed by atoms with Crippen LogP contribution >= 0.6 is 0 Å². The van der Waals surface area contributed by atoms with Crippen LogP contribution < -0.4 is 5.32 Å². The molecule has 1 aliphatic heterocycles. The van der Waals surface area contributed by atoms with E-state index < -0.39 is 0 Å². The molecule has 0 spiro atoms. The Morgan fingerprint density at radius 2 is 2.30 bits per heavy atom. The van der Waals surface area contributed by atoms with E-state index in [0.29, 0.717) is 6.04 Å². The molecule has 0 aliphatic carbocycles. The van der Waals surface area contributed by atoms with Crippen LogP contribution in [0.2, 0.25) is 0 Å². The topological polar surface area (TPSA) is 15.3 Å². The van der Waals surface area contributed by atoms with Gasteiger partial charge in [0.1, 0.15) is 5.82 Å². The second-order valence-corrected chi connectivity index (χ2v) is 5.87. The van der Waals surface area contributed by atoms with Crippen LogP contribution in [0.5, 0.6) is 0 Å². The van der Waals surface area contributed by atoms with Gasteiger partial charge in [0, 0.05) is 18.6 Å². The monoisotopic (exact) mass is 278 g/mol. The highest BCUT2D eigenvalue weighted by Gasteiger charge is 2.22. The van der Waals surface area contributed by atoms with Crippen LogP contribution in [0.1, 0.15) is 51.1 Å². The minimum atomic E-state index is -0.135. The molecule has 1 aromatic rings. The van der Waals surface area contributed by atoms with Crippen molar-refractivity contribution in [3.05, 3.63) is 35.6 Å². The molecule has 20 heavy (non-hydrogen) atoms. The van der Waals surface area contributed by atoms with Gasteiger partial charge in [0.05, 0.1) is 0 Å². The molecule has 1 fully saturated rings. The molecule has 0 bridgehead atoms. The van der Waals surface area contributed by atoms with E-state index in [1.54, 1.807) is 6.07 Å². The average molecular weight is 278 g/mol. The maximum absolute atomic E-state index is 13.4. The third-order valence-corrected chi connectivity index (χ3v) is 4.29. The zero-order chi connectivity index (χ0) is 14.4. The number of nitrogens with zero attached hydrogens (tertiary/aromatic N) is 1. The Morgan fingerprint density at radius 1 is 1.45 bits per heavy atom. The Morgan fingerprint density at radius 3 is 2.95 bits per heavy atom. The zero-order valence-corrected chi connectivity index (χ0v) is 12.7. The number of rotatable bonds is 7. The largest absolute Gasteiger partial charge is 0.313 e. The van der Waals surface area contributed by atoms with Crippen molar-refractivity contribution in [2.24, 2.45) is 0 Å². The van der Waals surface area contributed by atoms with Gasteiger partial charge >= 0.3 is 0 Å². The standard InChI is InChI=1S/C17H27FN2/c1-3-4-11-20(13-17-9-6-10-19-17)14(2)15-7-5-8-16(18)12-15/h5,7-8,12,14,17,19H,3-4,6,9-11,13H2,1-2H3. The molecule has 1 aromatic carbocycles. The Bertz CT molecular complexity index is 402. The molecule has 1 N–H and O–H groups in total. The predicted octanol–water partition coefficient (Wildman–Crippen LogP) is 3.74. The summed E-state index contributed by atoms with van der Waals surface area (Å²) in [4.78, 5) is 2.50. The van der Waals surface area contributed by atoms with Gasteiger partial charge in [-0.1, -0.05) is 25.5 Å². The van der Waals surface area contributed by atoms with Crippen molar-refractivity contribution < 1.29 is 4.39 Å². The van der Waals surface area contributed by atoms with Gasteiger partial charge in [-0.15, -0.1) is 0 Å². The first kappa shape index (κ1) is 15.5. The second-order valence-electron chi connectivity index (χ2n) is 5.87. The highest BCUT2D eigenvalue weighted by atomic mass is 19.1. The molecule has 0 radical (unpaired) electrons. The Hall–Kier alpha value is -0.930. The first-order valence-electron chi connectivity index (χ1n) is 7.93. The van der Waals surface area contributed by atoms with Crippen LogP contribution in [-0.4, -0.2) is 30.6 Å². The van der Waals surface area contributed by atoms with E-state index in [2.05, 4.69) is 24.1 Å². The summed E-state index contributed by atoms with van der Waals surface area (Å²) in [5.74, 6) is -0.135. The fourth-order valence-electron chi connectivity index (χ4n) is 2.98. The third kappa shape index (κ3) is 4.29. The van der Waals surface area contributed by atoms with E-state index in [-0.39, 0.29) is 11.9 Å². The number of hydrogen-bond donors (Lipinski definition) is 1. The molecule has 2 atom stereocenters. The van der Waals surface area contributed by atoms with E-state index in [1.165, 1.54) is 31.7 Å². The first-order valence-corrected chi connectivity index (χ1v) is 7.93. The van der Waals surface area contributed by atoms with Crippen molar-refractivity contribution >= 4 is 0 Å². The Kier molecular flexibility index (Phi) is 5.99. The number of halogens is 1. The van der Waals surface area contributed by atoms with Crippen molar-refractivity contribution in [1.29, 1.82) is 0 Å². The molecular weight excluding hydrogens is 251 g/mol. The van der Waals surface area contributed by atoms with E-state index in [9.17, 15) is 4.39 Å². The quantitative estimate of drug-likeness (QED) is 0.817. The summed E-state index contributed by atoms with van der Waals surface area (Å²) in [5.41, 5.74) is 1.08. The minimum absolute atomic E-state index is 0.135.